The Bertz CT molecular complexity index is 1610. The van der Waals surface area contributed by atoms with Crippen LogP contribution in [-0.4, -0.2) is 48.2 Å². The van der Waals surface area contributed by atoms with Gasteiger partial charge in [0.2, 0.25) is 0 Å². The van der Waals surface area contributed by atoms with Crippen molar-refractivity contribution in [1.29, 1.82) is 0 Å². The minimum atomic E-state index is -1.42. The summed E-state index contributed by atoms with van der Waals surface area (Å²) in [5.41, 5.74) is 4.00. The maximum atomic E-state index is 13.7. The first-order chi connectivity index (χ1) is 20.8. The monoisotopic (exact) mass is 611 g/mol. The second-order valence-electron chi connectivity index (χ2n) is 15.3. The van der Waals surface area contributed by atoms with Gasteiger partial charge in [0.1, 0.15) is 5.60 Å². The van der Waals surface area contributed by atoms with Gasteiger partial charge in [0.15, 0.2) is 5.78 Å². The number of carbonyl (C=O) groups excluding carboxylic acids is 1. The summed E-state index contributed by atoms with van der Waals surface area (Å²) >= 11 is 1.39. The highest BCUT2D eigenvalue weighted by Gasteiger charge is 2.68. The molecule has 6 nitrogen and oxygen atoms in total. The topological polar surface area (TPSA) is 88.2 Å². The molecule has 4 aliphatic rings. The van der Waals surface area contributed by atoms with E-state index in [9.17, 15) is 15.0 Å². The highest BCUT2D eigenvalue weighted by Crippen LogP contribution is 2.67. The van der Waals surface area contributed by atoms with Gasteiger partial charge in [-0.05, 0) is 109 Å². The Kier molecular flexibility index (Phi) is 7.07. The van der Waals surface area contributed by atoms with Crippen molar-refractivity contribution in [3.8, 4) is 5.69 Å². The second kappa shape index (κ2) is 10.4. The van der Waals surface area contributed by atoms with Crippen molar-refractivity contribution in [2.24, 2.45) is 28.6 Å². The number of pyridine rings is 1. The molecule has 7 atom stereocenters. The maximum absolute atomic E-state index is 13.7. The Hall–Kier alpha value is -2.74. The van der Waals surface area contributed by atoms with Gasteiger partial charge >= 0.3 is 0 Å². The lowest BCUT2D eigenvalue weighted by Crippen LogP contribution is -2.62. The molecule has 2 N–H and O–H groups in total. The molecule has 3 fully saturated rings. The van der Waals surface area contributed by atoms with Crippen LogP contribution in [0.25, 0.3) is 11.8 Å². The molecule has 44 heavy (non-hydrogen) atoms. The lowest BCUT2D eigenvalue weighted by Gasteiger charge is -2.60. The summed E-state index contributed by atoms with van der Waals surface area (Å²) in [6.07, 6.45) is 10.0. The van der Waals surface area contributed by atoms with Crippen molar-refractivity contribution in [2.75, 3.05) is 5.75 Å². The summed E-state index contributed by atoms with van der Waals surface area (Å²) in [6.45, 7) is 11.1. The first-order valence-electron chi connectivity index (χ1n) is 16.2. The quantitative estimate of drug-likeness (QED) is 0.308. The molecule has 5 unspecified atom stereocenters. The van der Waals surface area contributed by atoms with E-state index in [-0.39, 0.29) is 40.1 Å². The number of nitrogens with zero attached hydrogens (tertiary/aromatic N) is 3. The number of ketones is 1. The molecule has 7 rings (SSSR count). The summed E-state index contributed by atoms with van der Waals surface area (Å²) in [7, 11) is 0. The molecular formula is C37H45N3O3S. The summed E-state index contributed by atoms with van der Waals surface area (Å²) in [5.74, 6) is 0.613. The van der Waals surface area contributed by atoms with Gasteiger partial charge in [-0.15, -0.1) is 0 Å². The average Bonchev–Trinajstić information content (AvgIpc) is 3.51. The van der Waals surface area contributed by atoms with Gasteiger partial charge in [0, 0.05) is 11.6 Å². The number of Topliss-reactive ketones (excluding diaryl/α,β-unsaturated/α-hetero) is 1. The van der Waals surface area contributed by atoms with E-state index < -0.39 is 17.1 Å². The molecule has 3 aromatic rings. The molecule has 7 heteroatoms. The molecule has 0 saturated heterocycles. The fraction of sp³-hybridized carbons (Fsp3) is 0.541. The second-order valence-corrected chi connectivity index (χ2v) is 16.3. The summed E-state index contributed by atoms with van der Waals surface area (Å²) < 4.78 is 2.07. The average molecular weight is 612 g/mol. The van der Waals surface area contributed by atoms with E-state index in [1.165, 1.54) is 28.5 Å². The van der Waals surface area contributed by atoms with Gasteiger partial charge in [-0.3, -0.25) is 4.79 Å². The van der Waals surface area contributed by atoms with Crippen LogP contribution in [0.4, 0.5) is 0 Å². The fourth-order valence-corrected chi connectivity index (χ4v) is 10.5. The van der Waals surface area contributed by atoms with Crippen LogP contribution in [0.5, 0.6) is 0 Å². The Morgan fingerprint density at radius 3 is 2.59 bits per heavy atom. The van der Waals surface area contributed by atoms with Crippen LogP contribution in [0.15, 0.2) is 65.5 Å². The van der Waals surface area contributed by atoms with E-state index in [1.807, 2.05) is 24.4 Å². The van der Waals surface area contributed by atoms with Crippen LogP contribution < -0.4 is 0 Å². The molecule has 1 aromatic carbocycles. The zero-order valence-corrected chi connectivity index (χ0v) is 27.4. The number of hydrogen-bond donors (Lipinski definition) is 2. The number of rotatable bonds is 5. The van der Waals surface area contributed by atoms with E-state index in [0.29, 0.717) is 12.8 Å². The van der Waals surface area contributed by atoms with Gasteiger partial charge < -0.3 is 10.2 Å². The third-order valence-electron chi connectivity index (χ3n) is 12.0. The minimum Gasteiger partial charge on any atom is -0.393 e. The predicted octanol–water partition coefficient (Wildman–Crippen LogP) is 6.81. The number of aliphatic hydroxyl groups excluding tert-OH is 1. The molecule has 2 aromatic heterocycles. The number of fused-ring (bicyclic) bond motifs is 6. The molecule has 0 spiro atoms. The number of thioether (sulfide) groups is 1. The van der Waals surface area contributed by atoms with Gasteiger partial charge in [-0.2, -0.15) is 5.10 Å². The lowest BCUT2D eigenvalue weighted by molar-refractivity contribution is -0.177. The zero-order chi connectivity index (χ0) is 31.1. The van der Waals surface area contributed by atoms with E-state index in [0.717, 1.165) is 42.1 Å². The molecule has 232 valence electrons. The Morgan fingerprint density at radius 2 is 1.89 bits per heavy atom. The molecule has 0 amide bonds. The van der Waals surface area contributed by atoms with Crippen molar-refractivity contribution in [3.63, 3.8) is 0 Å². The number of carbonyl (C=O) groups is 1. The van der Waals surface area contributed by atoms with Gasteiger partial charge in [-0.25, -0.2) is 9.67 Å². The number of aliphatic hydroxyl groups is 2. The third-order valence-corrected chi connectivity index (χ3v) is 12.9. The van der Waals surface area contributed by atoms with Gasteiger partial charge in [0.05, 0.1) is 34.5 Å². The van der Waals surface area contributed by atoms with E-state index in [1.54, 1.807) is 6.20 Å². The largest absolute Gasteiger partial charge is 0.393 e. The highest BCUT2D eigenvalue weighted by molar-refractivity contribution is 7.99. The smallest absolute Gasteiger partial charge is 0.175 e. The summed E-state index contributed by atoms with van der Waals surface area (Å²) in [6, 6.07) is 14.4. The van der Waals surface area contributed by atoms with E-state index in [4.69, 9.17) is 5.10 Å². The fourth-order valence-electron chi connectivity index (χ4n) is 9.65. The highest BCUT2D eigenvalue weighted by atomic mass is 32.2. The van der Waals surface area contributed by atoms with Crippen molar-refractivity contribution in [1.82, 2.24) is 14.8 Å². The molecule has 0 bridgehead atoms. The predicted molar refractivity (Wildman–Crippen MR) is 175 cm³/mol. The van der Waals surface area contributed by atoms with Crippen LogP contribution in [0.1, 0.15) is 83.5 Å². The van der Waals surface area contributed by atoms with Crippen molar-refractivity contribution in [3.05, 3.63) is 77.3 Å². The number of allylic oxidation sites excluding steroid dienone is 1. The molecular weight excluding hydrogens is 566 g/mol. The summed E-state index contributed by atoms with van der Waals surface area (Å²) in [5, 5.41) is 29.7. The van der Waals surface area contributed by atoms with Gasteiger partial charge in [0.25, 0.3) is 0 Å². The van der Waals surface area contributed by atoms with E-state index >= 15 is 0 Å². The van der Waals surface area contributed by atoms with Crippen molar-refractivity contribution in [2.45, 2.75) is 95.3 Å². The standard InChI is InChI=1S/C37H45N3O3S/c1-34(2,3)24-9-12-26(13-10-24)40-29-18-25-11-14-27-28-15-16-37(43,31(42)22-44-32-8-6-7-17-38-32)36(28,5)20-30(41)33(27)35(25,4)19-23(29)21-39-40/h6-10,12-13,17-18,21,27-28,30,33,41,43H,11,14-16,19-20,22H2,1-5H3/t27?,28?,30-,33?,35?,36?,37-/m0/s1. The summed E-state index contributed by atoms with van der Waals surface area (Å²) in [4.78, 5) is 18.0. The zero-order valence-electron chi connectivity index (χ0n) is 26.6. The minimum absolute atomic E-state index is 0.0866. The molecule has 4 aliphatic carbocycles. The Labute approximate surface area is 265 Å². The molecule has 3 saturated carbocycles. The van der Waals surface area contributed by atoms with Gasteiger partial charge in [-0.1, -0.05) is 70.2 Å². The SMILES string of the molecule is CC(C)(C)c1ccc(-n2ncc3c2C=C2CCC4C([C@@H](O)CC5(C)C4CC[C@]5(O)C(=O)CSc4ccccn4)C2(C)C3)cc1. The first-order valence-corrected chi connectivity index (χ1v) is 17.2. The van der Waals surface area contributed by atoms with Crippen LogP contribution in [0.3, 0.4) is 0 Å². The van der Waals surface area contributed by atoms with Crippen LogP contribution in [0, 0.1) is 28.6 Å². The number of hydrogen-bond acceptors (Lipinski definition) is 6. The Balaban J connectivity index is 1.15. The first kappa shape index (κ1) is 29.9. The molecule has 0 radical (unpaired) electrons. The van der Waals surface area contributed by atoms with E-state index in [2.05, 4.69) is 74.6 Å². The van der Waals surface area contributed by atoms with Crippen LogP contribution in [0.2, 0.25) is 0 Å². The Morgan fingerprint density at radius 1 is 1.11 bits per heavy atom. The number of benzene rings is 1. The lowest BCUT2D eigenvalue weighted by atomic mass is 9.45. The molecule has 0 aliphatic heterocycles. The van der Waals surface area contributed by atoms with Crippen LogP contribution >= 0.6 is 11.8 Å². The maximum Gasteiger partial charge on any atom is 0.175 e. The van der Waals surface area contributed by atoms with Crippen molar-refractivity contribution < 1.29 is 15.0 Å². The normalized spacial score (nSPS) is 34.4. The number of aromatic nitrogens is 3. The van der Waals surface area contributed by atoms with Crippen LogP contribution in [-0.2, 0) is 16.6 Å². The van der Waals surface area contributed by atoms with Crippen molar-refractivity contribution >= 4 is 23.6 Å². The third kappa shape index (κ3) is 4.48. The molecule has 2 heterocycles.